The van der Waals surface area contributed by atoms with Crippen LogP contribution in [0.2, 0.25) is 0 Å². The minimum atomic E-state index is -0.0453. The summed E-state index contributed by atoms with van der Waals surface area (Å²) in [4.78, 5) is 12.2. The molecular weight excluding hydrogens is 432 g/mol. The van der Waals surface area contributed by atoms with Gasteiger partial charge < -0.3 is 24.8 Å². The molecule has 0 spiro atoms. The summed E-state index contributed by atoms with van der Waals surface area (Å²) in [7, 11) is 1.64. The average molecular weight is 463 g/mol. The second-order valence-corrected chi connectivity index (χ2v) is 7.81. The van der Waals surface area contributed by atoms with Crippen LogP contribution in [0.3, 0.4) is 0 Å². The molecular formula is C26H30N4O4. The Kier molecular flexibility index (Phi) is 7.83. The smallest absolute Gasteiger partial charge is 0.239 e. The first-order chi connectivity index (χ1) is 16.7. The highest BCUT2D eigenvalue weighted by Crippen LogP contribution is 2.28. The lowest BCUT2D eigenvalue weighted by atomic mass is 10.1. The van der Waals surface area contributed by atoms with Gasteiger partial charge in [0.15, 0.2) is 0 Å². The van der Waals surface area contributed by atoms with E-state index in [9.17, 15) is 4.79 Å². The predicted octanol–water partition coefficient (Wildman–Crippen LogP) is 3.82. The minimum Gasteiger partial charge on any atom is -0.497 e. The van der Waals surface area contributed by atoms with Gasteiger partial charge in [-0.3, -0.25) is 4.79 Å². The van der Waals surface area contributed by atoms with Gasteiger partial charge in [-0.2, -0.15) is 5.10 Å². The van der Waals surface area contributed by atoms with Crippen molar-refractivity contribution in [2.24, 2.45) is 0 Å². The molecule has 1 amide bonds. The van der Waals surface area contributed by atoms with Gasteiger partial charge in [-0.15, -0.1) is 0 Å². The molecule has 1 aliphatic heterocycles. The van der Waals surface area contributed by atoms with Gasteiger partial charge in [0.05, 0.1) is 44.9 Å². The number of rotatable bonds is 10. The Hall–Kier alpha value is -3.78. The van der Waals surface area contributed by atoms with Crippen LogP contribution in [-0.2, 0) is 9.53 Å². The first kappa shape index (κ1) is 23.4. The van der Waals surface area contributed by atoms with E-state index in [2.05, 4.69) is 10.6 Å². The van der Waals surface area contributed by atoms with Crippen molar-refractivity contribution in [3.8, 4) is 28.6 Å². The summed E-state index contributed by atoms with van der Waals surface area (Å²) in [5, 5.41) is 10.9. The zero-order valence-corrected chi connectivity index (χ0v) is 19.5. The number of nitrogens with one attached hydrogen (secondary N) is 2. The van der Waals surface area contributed by atoms with E-state index in [1.165, 1.54) is 5.57 Å². The van der Waals surface area contributed by atoms with E-state index < -0.39 is 0 Å². The highest BCUT2D eigenvalue weighted by atomic mass is 16.5. The fraction of sp³-hybridized carbons (Fsp3) is 0.308. The number of hydrogen-bond acceptors (Lipinski definition) is 6. The summed E-state index contributed by atoms with van der Waals surface area (Å²) >= 11 is 0. The van der Waals surface area contributed by atoms with Crippen molar-refractivity contribution in [2.75, 3.05) is 45.3 Å². The van der Waals surface area contributed by atoms with Crippen molar-refractivity contribution < 1.29 is 19.0 Å². The van der Waals surface area contributed by atoms with Gasteiger partial charge in [-0.25, -0.2) is 4.68 Å². The van der Waals surface area contributed by atoms with Crippen molar-refractivity contribution in [2.45, 2.75) is 13.3 Å². The van der Waals surface area contributed by atoms with Crippen LogP contribution in [0.1, 0.15) is 13.3 Å². The van der Waals surface area contributed by atoms with Crippen LogP contribution in [0.4, 0.5) is 5.69 Å². The molecule has 0 bridgehead atoms. The van der Waals surface area contributed by atoms with Crippen molar-refractivity contribution in [3.05, 3.63) is 66.2 Å². The number of carbonyl (C=O) groups excluding carboxylic acids is 1. The predicted molar refractivity (Wildman–Crippen MR) is 132 cm³/mol. The van der Waals surface area contributed by atoms with E-state index in [0.717, 1.165) is 41.4 Å². The van der Waals surface area contributed by atoms with E-state index in [0.29, 0.717) is 25.6 Å². The molecule has 34 heavy (non-hydrogen) atoms. The van der Waals surface area contributed by atoms with Crippen LogP contribution >= 0.6 is 0 Å². The molecule has 0 saturated heterocycles. The van der Waals surface area contributed by atoms with Crippen molar-refractivity contribution in [3.63, 3.8) is 0 Å². The lowest BCUT2D eigenvalue weighted by Gasteiger charge is -2.14. The number of amides is 1. The second-order valence-electron chi connectivity index (χ2n) is 7.81. The Morgan fingerprint density at radius 3 is 2.62 bits per heavy atom. The standard InChI is InChI=1S/C26H30N4O4/c1-3-34-26-16-24(29-30(26)22-8-10-23(32-2)11-9-22)20-4-6-21(7-5-20)27-18-25(31)28-17-19-12-14-33-15-13-19/h4-12,16,27H,3,13-15,17-18H2,1-2H3,(H,28,31). The molecule has 1 aromatic heterocycles. The van der Waals surface area contributed by atoms with Gasteiger partial charge in [-0.1, -0.05) is 23.8 Å². The van der Waals surface area contributed by atoms with Crippen LogP contribution in [0, 0.1) is 0 Å². The van der Waals surface area contributed by atoms with Gasteiger partial charge in [-0.05, 0) is 49.7 Å². The summed E-state index contributed by atoms with van der Waals surface area (Å²) in [6.07, 6.45) is 2.90. The number of anilines is 1. The number of carbonyl (C=O) groups is 1. The van der Waals surface area contributed by atoms with E-state index in [4.69, 9.17) is 19.3 Å². The fourth-order valence-electron chi connectivity index (χ4n) is 3.61. The molecule has 2 heterocycles. The number of nitrogens with zero attached hydrogens (tertiary/aromatic N) is 2. The van der Waals surface area contributed by atoms with E-state index in [1.54, 1.807) is 11.8 Å². The molecule has 0 unspecified atom stereocenters. The van der Waals surface area contributed by atoms with Gasteiger partial charge in [0.25, 0.3) is 0 Å². The van der Waals surface area contributed by atoms with E-state index >= 15 is 0 Å². The Morgan fingerprint density at radius 2 is 1.94 bits per heavy atom. The molecule has 0 radical (unpaired) electrons. The summed E-state index contributed by atoms with van der Waals surface area (Å²) in [5.41, 5.74) is 4.72. The quantitative estimate of drug-likeness (QED) is 0.446. The highest BCUT2D eigenvalue weighted by molar-refractivity contribution is 5.81. The first-order valence-electron chi connectivity index (χ1n) is 11.4. The number of ether oxygens (including phenoxy) is 3. The Balaban J connectivity index is 1.38. The van der Waals surface area contributed by atoms with Crippen molar-refractivity contribution >= 4 is 11.6 Å². The Labute approximate surface area is 199 Å². The zero-order chi connectivity index (χ0) is 23.8. The van der Waals surface area contributed by atoms with Gasteiger partial charge in [0.2, 0.25) is 11.8 Å². The molecule has 8 nitrogen and oxygen atoms in total. The molecule has 3 aromatic rings. The van der Waals surface area contributed by atoms with Crippen LogP contribution in [0.5, 0.6) is 11.6 Å². The number of hydrogen-bond donors (Lipinski definition) is 2. The zero-order valence-electron chi connectivity index (χ0n) is 19.5. The molecule has 4 rings (SSSR count). The molecule has 178 valence electrons. The van der Waals surface area contributed by atoms with Crippen LogP contribution in [0.25, 0.3) is 16.9 Å². The molecule has 2 N–H and O–H groups in total. The molecule has 0 aliphatic carbocycles. The molecule has 0 fully saturated rings. The van der Waals surface area contributed by atoms with Gasteiger partial charge >= 0.3 is 0 Å². The summed E-state index contributed by atoms with van der Waals surface area (Å²) < 4.78 is 18.1. The summed E-state index contributed by atoms with van der Waals surface area (Å²) in [6, 6.07) is 17.4. The lowest BCUT2D eigenvalue weighted by molar-refractivity contribution is -0.119. The topological polar surface area (TPSA) is 86.6 Å². The van der Waals surface area contributed by atoms with Crippen molar-refractivity contribution in [1.29, 1.82) is 0 Å². The number of methoxy groups -OCH3 is 1. The molecule has 0 saturated carbocycles. The maximum absolute atomic E-state index is 12.2. The van der Waals surface area contributed by atoms with Gasteiger partial charge in [0, 0.05) is 23.9 Å². The highest BCUT2D eigenvalue weighted by Gasteiger charge is 2.13. The molecule has 2 aromatic carbocycles. The van der Waals surface area contributed by atoms with E-state index in [1.807, 2.05) is 67.6 Å². The SMILES string of the molecule is CCOc1cc(-c2ccc(NCC(=O)NCC3=CCOCC3)cc2)nn1-c1ccc(OC)cc1. The van der Waals surface area contributed by atoms with Crippen LogP contribution < -0.4 is 20.1 Å². The Morgan fingerprint density at radius 1 is 1.15 bits per heavy atom. The Bertz CT molecular complexity index is 1120. The first-order valence-corrected chi connectivity index (χ1v) is 11.4. The van der Waals surface area contributed by atoms with Crippen LogP contribution in [-0.4, -0.2) is 55.7 Å². The maximum atomic E-state index is 12.2. The third-order valence-corrected chi connectivity index (χ3v) is 5.49. The summed E-state index contributed by atoms with van der Waals surface area (Å²) in [6.45, 7) is 4.61. The van der Waals surface area contributed by atoms with Crippen LogP contribution in [0.15, 0.2) is 66.2 Å². The third-order valence-electron chi connectivity index (χ3n) is 5.49. The fourth-order valence-corrected chi connectivity index (χ4v) is 3.61. The molecule has 1 aliphatic rings. The number of aromatic nitrogens is 2. The maximum Gasteiger partial charge on any atom is 0.239 e. The summed E-state index contributed by atoms with van der Waals surface area (Å²) in [5.74, 6) is 1.41. The lowest BCUT2D eigenvalue weighted by Crippen LogP contribution is -2.32. The minimum absolute atomic E-state index is 0.0453. The molecule has 8 heteroatoms. The second kappa shape index (κ2) is 11.4. The molecule has 0 atom stereocenters. The monoisotopic (exact) mass is 462 g/mol. The largest absolute Gasteiger partial charge is 0.497 e. The number of benzene rings is 2. The normalized spacial score (nSPS) is 13.2. The van der Waals surface area contributed by atoms with Crippen molar-refractivity contribution in [1.82, 2.24) is 15.1 Å². The van der Waals surface area contributed by atoms with E-state index in [-0.39, 0.29) is 12.5 Å². The van der Waals surface area contributed by atoms with Gasteiger partial charge in [0.1, 0.15) is 5.75 Å². The third kappa shape index (κ3) is 5.96. The average Bonchev–Trinajstić information content (AvgIpc) is 3.31.